The third kappa shape index (κ3) is 5.10. The van der Waals surface area contributed by atoms with Crippen molar-refractivity contribution in [3.8, 4) is 28.7 Å². The van der Waals surface area contributed by atoms with Crippen LogP contribution in [0.2, 0.25) is 0 Å². The molecule has 3 aromatic rings. The SMILES string of the molecule is COc1cc([C@@H]2c3cc4c(cc3[C@@H](OC3OC5COC[C@@H](c6cccs6)OC5C(O)C3O)[C@H]3COC(=O)C23)OCO4)cc(OC)c1O. The zero-order valence-corrected chi connectivity index (χ0v) is 26.3. The molecule has 0 saturated carbocycles. The molecule has 1 aromatic heterocycles. The number of phenolic OH excluding ortho intramolecular Hbond substituents is 1. The summed E-state index contributed by atoms with van der Waals surface area (Å²) in [5.41, 5.74) is 2.00. The molecule has 0 spiro atoms. The lowest BCUT2D eigenvalue weighted by molar-refractivity contribution is -0.321. The number of hydrogen-bond donors (Lipinski definition) is 3. The zero-order valence-electron chi connectivity index (χ0n) is 25.5. The molecule has 0 bridgehead atoms. The van der Waals surface area contributed by atoms with Crippen molar-refractivity contribution in [2.24, 2.45) is 11.8 Å². The highest BCUT2D eigenvalue weighted by Crippen LogP contribution is 2.57. The lowest BCUT2D eigenvalue weighted by Gasteiger charge is -2.45. The molecule has 10 atom stereocenters. The van der Waals surface area contributed by atoms with Crippen LogP contribution < -0.4 is 18.9 Å². The molecule has 5 aliphatic rings. The molecule has 4 aliphatic heterocycles. The van der Waals surface area contributed by atoms with Gasteiger partial charge in [-0.25, -0.2) is 0 Å². The van der Waals surface area contributed by atoms with Crippen LogP contribution in [0.3, 0.4) is 0 Å². The Bertz CT molecular complexity index is 1620. The highest BCUT2D eigenvalue weighted by Gasteiger charge is 2.56. The zero-order chi connectivity index (χ0) is 32.4. The monoisotopic (exact) mass is 670 g/mol. The number of rotatable bonds is 6. The van der Waals surface area contributed by atoms with Crippen LogP contribution in [0.15, 0.2) is 41.8 Å². The number of thiophene rings is 1. The van der Waals surface area contributed by atoms with Gasteiger partial charge in [0, 0.05) is 16.7 Å². The van der Waals surface area contributed by atoms with E-state index in [0.29, 0.717) is 28.2 Å². The minimum Gasteiger partial charge on any atom is -0.502 e. The molecule has 6 unspecified atom stereocenters. The number of esters is 1. The Morgan fingerprint density at radius 3 is 2.34 bits per heavy atom. The van der Waals surface area contributed by atoms with Crippen LogP contribution in [0.4, 0.5) is 0 Å². The van der Waals surface area contributed by atoms with Gasteiger partial charge in [0.15, 0.2) is 29.3 Å². The largest absolute Gasteiger partial charge is 0.502 e. The summed E-state index contributed by atoms with van der Waals surface area (Å²) in [5, 5.41) is 35.3. The van der Waals surface area contributed by atoms with Crippen LogP contribution in [-0.4, -0.2) is 92.8 Å². The molecule has 1 aliphatic carbocycles. The second-order valence-corrected chi connectivity index (χ2v) is 13.1. The molecule has 47 heavy (non-hydrogen) atoms. The summed E-state index contributed by atoms with van der Waals surface area (Å²) < 4.78 is 53.0. The van der Waals surface area contributed by atoms with Gasteiger partial charge in [-0.1, -0.05) is 6.07 Å². The van der Waals surface area contributed by atoms with Crippen molar-refractivity contribution in [2.45, 2.75) is 48.8 Å². The maximum Gasteiger partial charge on any atom is 0.310 e. The van der Waals surface area contributed by atoms with Crippen molar-refractivity contribution >= 4 is 17.3 Å². The van der Waals surface area contributed by atoms with Crippen molar-refractivity contribution in [3.63, 3.8) is 0 Å². The Balaban J connectivity index is 1.16. The Morgan fingerprint density at radius 1 is 0.894 bits per heavy atom. The van der Waals surface area contributed by atoms with Gasteiger partial charge in [0.2, 0.25) is 12.5 Å². The number of aliphatic hydroxyl groups excluding tert-OH is 2. The molecular formula is C33H34O13S. The molecule has 0 amide bonds. The predicted octanol–water partition coefficient (Wildman–Crippen LogP) is 2.80. The van der Waals surface area contributed by atoms with E-state index in [2.05, 4.69) is 0 Å². The lowest BCUT2D eigenvalue weighted by atomic mass is 9.66. The number of carbonyl (C=O) groups excluding carboxylic acids is 1. The van der Waals surface area contributed by atoms with E-state index in [1.165, 1.54) is 25.6 Å². The fourth-order valence-electron chi connectivity index (χ4n) is 7.39. The minimum absolute atomic E-state index is 0.0242. The third-order valence-electron chi connectivity index (χ3n) is 9.64. The van der Waals surface area contributed by atoms with E-state index in [1.807, 2.05) is 23.6 Å². The summed E-state index contributed by atoms with van der Waals surface area (Å²) in [7, 11) is 2.87. The van der Waals surface area contributed by atoms with Crippen LogP contribution in [-0.2, 0) is 28.5 Å². The van der Waals surface area contributed by atoms with Crippen molar-refractivity contribution < 1.29 is 62.7 Å². The maximum atomic E-state index is 13.5. The number of cyclic esters (lactones) is 1. The Morgan fingerprint density at radius 2 is 1.64 bits per heavy atom. The van der Waals surface area contributed by atoms with Gasteiger partial charge in [-0.15, -0.1) is 11.3 Å². The molecule has 3 fully saturated rings. The highest BCUT2D eigenvalue weighted by atomic mass is 32.1. The first kappa shape index (κ1) is 30.7. The predicted molar refractivity (Wildman–Crippen MR) is 161 cm³/mol. The van der Waals surface area contributed by atoms with Gasteiger partial charge < -0.3 is 58.0 Å². The second kappa shape index (κ2) is 12.1. The fourth-order valence-corrected chi connectivity index (χ4v) is 8.14. The average molecular weight is 671 g/mol. The van der Waals surface area contributed by atoms with Gasteiger partial charge in [-0.05, 0) is 52.4 Å². The quantitative estimate of drug-likeness (QED) is 0.329. The van der Waals surface area contributed by atoms with E-state index in [9.17, 15) is 20.1 Å². The molecule has 3 saturated heterocycles. The van der Waals surface area contributed by atoms with Gasteiger partial charge in [0.05, 0.1) is 46.1 Å². The molecule has 14 heteroatoms. The Hall–Kier alpha value is -3.63. The number of aromatic hydroxyl groups is 1. The van der Waals surface area contributed by atoms with Gasteiger partial charge in [-0.3, -0.25) is 4.79 Å². The van der Waals surface area contributed by atoms with E-state index in [4.69, 9.17) is 42.6 Å². The van der Waals surface area contributed by atoms with Gasteiger partial charge in [0.1, 0.15) is 30.5 Å². The number of benzene rings is 2. The summed E-state index contributed by atoms with van der Waals surface area (Å²) in [5.74, 6) is -1.08. The molecule has 5 heterocycles. The first-order valence-corrected chi connectivity index (χ1v) is 16.2. The van der Waals surface area contributed by atoms with Crippen molar-refractivity contribution in [2.75, 3.05) is 40.8 Å². The van der Waals surface area contributed by atoms with Gasteiger partial charge in [0.25, 0.3) is 0 Å². The van der Waals surface area contributed by atoms with Crippen LogP contribution in [0.1, 0.15) is 39.7 Å². The molecule has 2 aromatic carbocycles. The standard InChI is InChI=1S/C33H34O13S/c1-38-20-6-14(7-21(39-2)27(20)34)25-15-8-18-19(43-13-42-18)9-16(15)30(17-10-41-32(37)26(17)25)46-33-29(36)28(35)31-23(45-33)12-40-11-22(44-31)24-4-3-5-47-24/h3-9,17,22-23,25-26,28-31,33-36H,10-13H2,1-2H3/t17-,22-,23?,25+,26?,28?,29?,30+,31?,33?/m0/s1. The third-order valence-corrected chi connectivity index (χ3v) is 10.6. The van der Waals surface area contributed by atoms with Crippen molar-refractivity contribution in [1.29, 1.82) is 0 Å². The van der Waals surface area contributed by atoms with Crippen molar-refractivity contribution in [1.82, 2.24) is 0 Å². The first-order chi connectivity index (χ1) is 22.9. The van der Waals surface area contributed by atoms with Crippen LogP contribution >= 0.6 is 11.3 Å². The first-order valence-electron chi connectivity index (χ1n) is 15.3. The van der Waals surface area contributed by atoms with E-state index >= 15 is 0 Å². The number of phenols is 1. The summed E-state index contributed by atoms with van der Waals surface area (Å²) in [6, 6.07) is 10.8. The van der Waals surface area contributed by atoms with Crippen LogP contribution in [0.5, 0.6) is 28.7 Å². The lowest BCUT2D eigenvalue weighted by Crippen LogP contribution is -2.60. The fraction of sp³-hybridized carbons (Fsp3) is 0.485. The normalized spacial score (nSPS) is 34.1. The number of ether oxygens (including phenoxy) is 9. The number of carbonyl (C=O) groups is 1. The second-order valence-electron chi connectivity index (χ2n) is 12.1. The van der Waals surface area contributed by atoms with E-state index in [-0.39, 0.29) is 43.9 Å². The summed E-state index contributed by atoms with van der Waals surface area (Å²) in [6.07, 6.45) is -6.94. The summed E-state index contributed by atoms with van der Waals surface area (Å²) in [6.45, 7) is 0.454. The van der Waals surface area contributed by atoms with Gasteiger partial charge >= 0.3 is 5.97 Å². The Kier molecular flexibility index (Phi) is 7.91. The van der Waals surface area contributed by atoms with Crippen molar-refractivity contribution in [3.05, 3.63) is 63.3 Å². The van der Waals surface area contributed by atoms with Gasteiger partial charge in [-0.2, -0.15) is 0 Å². The number of hydrogen-bond acceptors (Lipinski definition) is 14. The molecule has 3 N–H and O–H groups in total. The van der Waals surface area contributed by atoms with Crippen LogP contribution in [0, 0.1) is 11.8 Å². The molecular weight excluding hydrogens is 636 g/mol. The molecule has 8 rings (SSSR count). The van der Waals surface area contributed by atoms with E-state index in [0.717, 1.165) is 4.88 Å². The topological polar surface area (TPSA) is 161 Å². The van der Waals surface area contributed by atoms with E-state index < -0.39 is 66.6 Å². The average Bonchev–Trinajstić information content (AvgIpc) is 3.83. The highest BCUT2D eigenvalue weighted by molar-refractivity contribution is 7.10. The smallest absolute Gasteiger partial charge is 0.310 e. The summed E-state index contributed by atoms with van der Waals surface area (Å²) in [4.78, 5) is 14.5. The van der Waals surface area contributed by atoms with E-state index in [1.54, 1.807) is 18.2 Å². The minimum atomic E-state index is -1.48. The number of fused-ring (bicyclic) bond motifs is 4. The number of methoxy groups -OCH3 is 2. The Labute approximate surface area is 273 Å². The molecule has 0 radical (unpaired) electrons. The number of aliphatic hydroxyl groups is 2. The molecule has 13 nitrogen and oxygen atoms in total. The maximum absolute atomic E-state index is 13.5. The molecule has 250 valence electrons. The summed E-state index contributed by atoms with van der Waals surface area (Å²) >= 11 is 1.52. The van der Waals surface area contributed by atoms with Crippen LogP contribution in [0.25, 0.3) is 0 Å².